The number of amides is 1. The molecule has 2 aromatic carbocycles. The number of hydrogen-bond donors (Lipinski definition) is 2. The molecule has 27 heavy (non-hydrogen) atoms. The van der Waals surface area contributed by atoms with Gasteiger partial charge in [0, 0.05) is 25.3 Å². The second-order valence-corrected chi connectivity index (χ2v) is 6.05. The summed E-state index contributed by atoms with van der Waals surface area (Å²) in [7, 11) is 0. The van der Waals surface area contributed by atoms with E-state index in [-0.39, 0.29) is 36.6 Å². The molecule has 0 aliphatic heterocycles. The molecule has 6 nitrogen and oxygen atoms in total. The fourth-order valence-corrected chi connectivity index (χ4v) is 2.88. The molecule has 0 radical (unpaired) electrons. The Morgan fingerprint density at radius 2 is 1.89 bits per heavy atom. The topological polar surface area (TPSA) is 88.2 Å². The molecule has 0 fully saturated rings. The fraction of sp³-hybridized carbons (Fsp3) is 0.250. The normalized spacial score (nSPS) is 11.9. The van der Waals surface area contributed by atoms with Crippen LogP contribution in [0.3, 0.4) is 0 Å². The third kappa shape index (κ3) is 4.98. The summed E-state index contributed by atoms with van der Waals surface area (Å²) in [4.78, 5) is 16.4. The molecule has 1 unspecified atom stereocenters. The van der Waals surface area contributed by atoms with Crippen molar-refractivity contribution in [1.29, 1.82) is 0 Å². The zero-order valence-electron chi connectivity index (χ0n) is 14.6. The number of carbonyl (C=O) groups is 1. The Balaban J connectivity index is 1.65. The van der Waals surface area contributed by atoms with Crippen molar-refractivity contribution in [3.05, 3.63) is 83.3 Å². The van der Waals surface area contributed by atoms with E-state index in [9.17, 15) is 9.18 Å². The number of aliphatic hydroxyl groups excluding tert-OH is 1. The van der Waals surface area contributed by atoms with Crippen LogP contribution in [0.5, 0.6) is 0 Å². The van der Waals surface area contributed by atoms with Gasteiger partial charge in [0.25, 0.3) is 5.89 Å². The van der Waals surface area contributed by atoms with Crippen LogP contribution in [0.2, 0.25) is 0 Å². The summed E-state index contributed by atoms with van der Waals surface area (Å²) in [6.07, 6.45) is 0.504. The van der Waals surface area contributed by atoms with Crippen LogP contribution < -0.4 is 5.32 Å². The number of carbonyl (C=O) groups excluding carboxylic acids is 1. The van der Waals surface area contributed by atoms with Crippen molar-refractivity contribution in [2.75, 3.05) is 6.54 Å². The largest absolute Gasteiger partial charge is 0.387 e. The van der Waals surface area contributed by atoms with Crippen LogP contribution in [0, 0.1) is 5.82 Å². The van der Waals surface area contributed by atoms with Crippen LogP contribution in [0.4, 0.5) is 4.39 Å². The van der Waals surface area contributed by atoms with Crippen LogP contribution in [0.15, 0.2) is 59.1 Å². The first-order valence-electron chi connectivity index (χ1n) is 8.65. The molecule has 1 atom stereocenters. The lowest BCUT2D eigenvalue weighted by atomic mass is 9.88. The molecule has 0 saturated heterocycles. The molecule has 1 aromatic heterocycles. The molecule has 0 aliphatic carbocycles. The minimum Gasteiger partial charge on any atom is -0.387 e. The SMILES string of the molecule is O=C(CC(c1ccccc1)c1ccccc1F)NCCc1noc(CO)n1. The predicted molar refractivity (Wildman–Crippen MR) is 96.2 cm³/mol. The molecule has 0 bridgehead atoms. The first-order chi connectivity index (χ1) is 13.2. The van der Waals surface area contributed by atoms with Gasteiger partial charge in [0.15, 0.2) is 5.82 Å². The maximum atomic E-state index is 14.3. The summed E-state index contributed by atoms with van der Waals surface area (Å²) in [5.41, 5.74) is 1.37. The first kappa shape index (κ1) is 18.7. The number of nitrogens with zero attached hydrogens (tertiary/aromatic N) is 2. The van der Waals surface area contributed by atoms with Crippen LogP contribution in [-0.2, 0) is 17.8 Å². The van der Waals surface area contributed by atoms with Crippen molar-refractivity contribution in [2.24, 2.45) is 0 Å². The third-order valence-electron chi connectivity index (χ3n) is 4.19. The van der Waals surface area contributed by atoms with Crippen molar-refractivity contribution in [1.82, 2.24) is 15.5 Å². The monoisotopic (exact) mass is 369 g/mol. The second-order valence-electron chi connectivity index (χ2n) is 6.05. The summed E-state index contributed by atoms with van der Waals surface area (Å²) in [5, 5.41) is 15.4. The predicted octanol–water partition coefficient (Wildman–Crippen LogP) is 2.58. The Hall–Kier alpha value is -3.06. The van der Waals surface area contributed by atoms with E-state index in [1.54, 1.807) is 18.2 Å². The van der Waals surface area contributed by atoms with Gasteiger partial charge in [-0.1, -0.05) is 53.7 Å². The van der Waals surface area contributed by atoms with Crippen LogP contribution >= 0.6 is 0 Å². The van der Waals surface area contributed by atoms with Crippen molar-refractivity contribution >= 4 is 5.91 Å². The Morgan fingerprint density at radius 3 is 2.59 bits per heavy atom. The van der Waals surface area contributed by atoms with Gasteiger partial charge in [-0.05, 0) is 17.2 Å². The van der Waals surface area contributed by atoms with Gasteiger partial charge in [0.05, 0.1) is 0 Å². The summed E-state index contributed by atoms with van der Waals surface area (Å²) in [6, 6.07) is 15.9. The number of nitrogens with one attached hydrogen (secondary N) is 1. The van der Waals surface area contributed by atoms with Crippen LogP contribution in [0.25, 0.3) is 0 Å². The number of hydrogen-bond acceptors (Lipinski definition) is 5. The van der Waals surface area contributed by atoms with Crippen molar-refractivity contribution < 1.29 is 18.8 Å². The number of aliphatic hydroxyl groups is 1. The lowest BCUT2D eigenvalue weighted by Crippen LogP contribution is -2.27. The fourth-order valence-electron chi connectivity index (χ4n) is 2.88. The third-order valence-corrected chi connectivity index (χ3v) is 4.19. The van der Waals surface area contributed by atoms with Gasteiger partial charge in [0.2, 0.25) is 5.91 Å². The van der Waals surface area contributed by atoms with E-state index < -0.39 is 0 Å². The molecular formula is C20H20FN3O3. The maximum absolute atomic E-state index is 14.3. The van der Waals surface area contributed by atoms with Gasteiger partial charge >= 0.3 is 0 Å². The highest BCUT2D eigenvalue weighted by Crippen LogP contribution is 2.29. The molecule has 140 valence electrons. The van der Waals surface area contributed by atoms with E-state index >= 15 is 0 Å². The lowest BCUT2D eigenvalue weighted by molar-refractivity contribution is -0.121. The van der Waals surface area contributed by atoms with E-state index in [0.717, 1.165) is 5.56 Å². The molecule has 0 spiro atoms. The van der Waals surface area contributed by atoms with Gasteiger partial charge in [-0.15, -0.1) is 0 Å². The number of benzene rings is 2. The molecule has 1 heterocycles. The maximum Gasteiger partial charge on any atom is 0.252 e. The highest BCUT2D eigenvalue weighted by molar-refractivity contribution is 5.77. The summed E-state index contributed by atoms with van der Waals surface area (Å²) in [6.45, 7) is 0.00275. The Kier molecular flexibility index (Phi) is 6.27. The minimum absolute atomic E-state index is 0.124. The molecule has 0 aliphatic rings. The Morgan fingerprint density at radius 1 is 1.15 bits per heavy atom. The van der Waals surface area contributed by atoms with Crippen molar-refractivity contribution in [3.8, 4) is 0 Å². The zero-order chi connectivity index (χ0) is 19.1. The summed E-state index contributed by atoms with van der Waals surface area (Å²) >= 11 is 0. The molecule has 7 heteroatoms. The highest BCUT2D eigenvalue weighted by Gasteiger charge is 2.21. The van der Waals surface area contributed by atoms with Gasteiger partial charge in [-0.3, -0.25) is 4.79 Å². The second kappa shape index (κ2) is 9.05. The lowest BCUT2D eigenvalue weighted by Gasteiger charge is -2.18. The summed E-state index contributed by atoms with van der Waals surface area (Å²) < 4.78 is 19.1. The standard InChI is InChI=1S/C20H20FN3O3/c21-17-9-5-4-8-15(17)16(14-6-2-1-3-7-14)12-19(26)22-11-10-18-23-20(13-25)27-24-18/h1-9,16,25H,10-13H2,(H,22,26). The van der Waals surface area contributed by atoms with Crippen molar-refractivity contribution in [3.63, 3.8) is 0 Å². The van der Waals surface area contributed by atoms with E-state index in [1.165, 1.54) is 6.07 Å². The molecule has 0 saturated carbocycles. The highest BCUT2D eigenvalue weighted by atomic mass is 19.1. The summed E-state index contributed by atoms with van der Waals surface area (Å²) in [5.74, 6) is -0.355. The van der Waals surface area contributed by atoms with Crippen LogP contribution in [-0.4, -0.2) is 27.7 Å². The molecule has 2 N–H and O–H groups in total. The van der Waals surface area contributed by atoms with Crippen LogP contribution in [0.1, 0.15) is 35.2 Å². The van der Waals surface area contributed by atoms with Gasteiger partial charge < -0.3 is 14.9 Å². The van der Waals surface area contributed by atoms with Gasteiger partial charge in [-0.25, -0.2) is 4.39 Å². The first-order valence-corrected chi connectivity index (χ1v) is 8.65. The smallest absolute Gasteiger partial charge is 0.252 e. The average molecular weight is 369 g/mol. The van der Waals surface area contributed by atoms with E-state index in [4.69, 9.17) is 9.63 Å². The minimum atomic E-state index is -0.376. The molecule has 3 rings (SSSR count). The Labute approximate surface area is 156 Å². The molecule has 1 amide bonds. The van der Waals surface area contributed by atoms with E-state index in [0.29, 0.717) is 24.4 Å². The molecule has 3 aromatic rings. The van der Waals surface area contributed by atoms with E-state index in [2.05, 4.69) is 15.5 Å². The zero-order valence-corrected chi connectivity index (χ0v) is 14.6. The number of halogens is 1. The Bertz CT molecular complexity index is 883. The number of aromatic nitrogens is 2. The van der Waals surface area contributed by atoms with Gasteiger partial charge in [0.1, 0.15) is 12.4 Å². The van der Waals surface area contributed by atoms with Crippen molar-refractivity contribution in [2.45, 2.75) is 25.4 Å². The van der Waals surface area contributed by atoms with Gasteiger partial charge in [-0.2, -0.15) is 4.98 Å². The number of rotatable bonds is 8. The quantitative estimate of drug-likeness (QED) is 0.637. The molecular weight excluding hydrogens is 349 g/mol. The average Bonchev–Trinajstić information content (AvgIpc) is 3.15. The van der Waals surface area contributed by atoms with E-state index in [1.807, 2.05) is 30.3 Å².